The molecule has 0 spiro atoms. The smallest absolute Gasteiger partial charge is 0.223 e. The van der Waals surface area contributed by atoms with Crippen molar-refractivity contribution in [3.63, 3.8) is 0 Å². The van der Waals surface area contributed by atoms with Gasteiger partial charge in [0.25, 0.3) is 0 Å². The number of amides is 1. The number of carbonyl (C=O) groups excluding carboxylic acids is 1. The highest BCUT2D eigenvalue weighted by Crippen LogP contribution is 2.29. The Balaban J connectivity index is 1.62. The summed E-state index contributed by atoms with van der Waals surface area (Å²) in [6, 6.07) is 6.88. The quantitative estimate of drug-likeness (QED) is 0.906. The van der Waals surface area contributed by atoms with Crippen LogP contribution >= 0.6 is 0 Å². The second-order valence-corrected chi connectivity index (χ2v) is 5.55. The highest BCUT2D eigenvalue weighted by molar-refractivity contribution is 5.81. The van der Waals surface area contributed by atoms with Gasteiger partial charge in [-0.2, -0.15) is 0 Å². The zero-order valence-electron chi connectivity index (χ0n) is 10.9. The van der Waals surface area contributed by atoms with Gasteiger partial charge < -0.3 is 10.2 Å². The van der Waals surface area contributed by atoms with E-state index in [9.17, 15) is 9.18 Å². The van der Waals surface area contributed by atoms with E-state index in [-0.39, 0.29) is 23.7 Å². The van der Waals surface area contributed by atoms with Crippen LogP contribution in [0.25, 0.3) is 0 Å². The van der Waals surface area contributed by atoms with Crippen LogP contribution in [-0.4, -0.2) is 25.0 Å². The second kappa shape index (κ2) is 5.19. The minimum absolute atomic E-state index is 0.199. The lowest BCUT2D eigenvalue weighted by molar-refractivity contribution is -0.123. The molecule has 1 heterocycles. The Morgan fingerprint density at radius 1 is 1.32 bits per heavy atom. The van der Waals surface area contributed by atoms with E-state index in [1.54, 1.807) is 12.1 Å². The molecular weight excluding hydrogens is 243 g/mol. The maximum atomic E-state index is 13.2. The Bertz CT molecular complexity index is 473. The molecule has 1 aliphatic heterocycles. The van der Waals surface area contributed by atoms with Gasteiger partial charge in [0.05, 0.1) is 0 Å². The molecule has 1 saturated heterocycles. The van der Waals surface area contributed by atoms with Crippen molar-refractivity contribution in [2.75, 3.05) is 18.0 Å². The SMILES string of the molecule is O=C(NC1CCCN(c2cccc(F)c2)C1)C1CC1. The Hall–Kier alpha value is -1.58. The zero-order chi connectivity index (χ0) is 13.2. The molecule has 3 nitrogen and oxygen atoms in total. The third-order valence-corrected chi connectivity index (χ3v) is 3.89. The summed E-state index contributed by atoms with van der Waals surface area (Å²) in [6.07, 6.45) is 4.12. The molecule has 2 fully saturated rings. The Labute approximate surface area is 112 Å². The molecule has 0 radical (unpaired) electrons. The number of benzene rings is 1. The summed E-state index contributed by atoms with van der Waals surface area (Å²) in [5, 5.41) is 3.12. The summed E-state index contributed by atoms with van der Waals surface area (Å²) in [4.78, 5) is 13.9. The van der Waals surface area contributed by atoms with E-state index in [0.29, 0.717) is 0 Å². The van der Waals surface area contributed by atoms with Crippen LogP contribution in [0.4, 0.5) is 10.1 Å². The average Bonchev–Trinajstić information content (AvgIpc) is 3.23. The summed E-state index contributed by atoms with van der Waals surface area (Å²) < 4.78 is 13.2. The van der Waals surface area contributed by atoms with Gasteiger partial charge in [-0.3, -0.25) is 4.79 Å². The molecule has 1 aliphatic carbocycles. The summed E-state index contributed by atoms with van der Waals surface area (Å²) in [7, 11) is 0. The Morgan fingerprint density at radius 3 is 2.89 bits per heavy atom. The van der Waals surface area contributed by atoms with Crippen LogP contribution in [0.15, 0.2) is 24.3 Å². The van der Waals surface area contributed by atoms with E-state index in [1.807, 2.05) is 6.07 Å². The zero-order valence-corrected chi connectivity index (χ0v) is 10.9. The summed E-state index contributed by atoms with van der Waals surface area (Å²) in [5.74, 6) is 0.247. The first-order valence-corrected chi connectivity index (χ1v) is 7.03. The first kappa shape index (κ1) is 12.5. The lowest BCUT2D eigenvalue weighted by Gasteiger charge is -2.34. The summed E-state index contributed by atoms with van der Waals surface area (Å²) >= 11 is 0. The van der Waals surface area contributed by atoms with Crippen LogP contribution in [-0.2, 0) is 4.79 Å². The molecule has 0 bridgehead atoms. The lowest BCUT2D eigenvalue weighted by Crippen LogP contribution is -2.48. The molecule has 19 heavy (non-hydrogen) atoms. The van der Waals surface area contributed by atoms with Crippen LogP contribution in [0.1, 0.15) is 25.7 Å². The van der Waals surface area contributed by atoms with Gasteiger partial charge in [0.1, 0.15) is 5.82 Å². The molecule has 2 aliphatic rings. The molecule has 102 valence electrons. The highest BCUT2D eigenvalue weighted by atomic mass is 19.1. The maximum Gasteiger partial charge on any atom is 0.223 e. The third-order valence-electron chi connectivity index (χ3n) is 3.89. The van der Waals surface area contributed by atoms with Crippen molar-refractivity contribution < 1.29 is 9.18 Å². The molecule has 1 unspecified atom stereocenters. The fourth-order valence-electron chi connectivity index (χ4n) is 2.67. The monoisotopic (exact) mass is 262 g/mol. The molecule has 1 aromatic rings. The van der Waals surface area contributed by atoms with Crippen LogP contribution in [0.5, 0.6) is 0 Å². The fraction of sp³-hybridized carbons (Fsp3) is 0.533. The van der Waals surface area contributed by atoms with Crippen molar-refractivity contribution in [2.24, 2.45) is 5.92 Å². The Kier molecular flexibility index (Phi) is 3.40. The van der Waals surface area contributed by atoms with E-state index in [1.165, 1.54) is 6.07 Å². The van der Waals surface area contributed by atoms with Gasteiger partial charge in [-0.05, 0) is 43.9 Å². The number of rotatable bonds is 3. The number of piperidine rings is 1. The normalized spacial score (nSPS) is 23.2. The molecular formula is C15H19FN2O. The molecule has 3 rings (SSSR count). The number of nitrogens with zero attached hydrogens (tertiary/aromatic N) is 1. The molecule has 1 N–H and O–H groups in total. The predicted molar refractivity (Wildman–Crippen MR) is 72.5 cm³/mol. The van der Waals surface area contributed by atoms with Crippen molar-refractivity contribution in [3.8, 4) is 0 Å². The van der Waals surface area contributed by atoms with Crippen LogP contribution in [0.3, 0.4) is 0 Å². The summed E-state index contributed by atoms with van der Waals surface area (Å²) in [5.41, 5.74) is 0.908. The first-order valence-electron chi connectivity index (χ1n) is 7.03. The molecule has 0 aromatic heterocycles. The maximum absolute atomic E-state index is 13.2. The minimum Gasteiger partial charge on any atom is -0.369 e. The first-order chi connectivity index (χ1) is 9.22. The predicted octanol–water partition coefficient (Wildman–Crippen LogP) is 2.32. The standard InChI is InChI=1S/C15H19FN2O/c16-12-3-1-5-14(9-12)18-8-2-4-13(10-18)17-15(19)11-6-7-11/h1,3,5,9,11,13H,2,4,6-8,10H2,(H,17,19). The second-order valence-electron chi connectivity index (χ2n) is 5.55. The van der Waals surface area contributed by atoms with E-state index in [2.05, 4.69) is 10.2 Å². The number of halogens is 1. The number of nitrogens with one attached hydrogen (secondary N) is 1. The molecule has 1 saturated carbocycles. The van der Waals surface area contributed by atoms with E-state index < -0.39 is 0 Å². The van der Waals surface area contributed by atoms with E-state index >= 15 is 0 Å². The van der Waals surface area contributed by atoms with E-state index in [0.717, 1.165) is 44.5 Å². The van der Waals surface area contributed by atoms with Crippen molar-refractivity contribution >= 4 is 11.6 Å². The van der Waals surface area contributed by atoms with Gasteiger partial charge in [-0.25, -0.2) is 4.39 Å². The highest BCUT2D eigenvalue weighted by Gasteiger charge is 2.32. The molecule has 1 amide bonds. The van der Waals surface area contributed by atoms with E-state index in [4.69, 9.17) is 0 Å². The van der Waals surface area contributed by atoms with Gasteiger partial charge in [0.15, 0.2) is 0 Å². The van der Waals surface area contributed by atoms with Crippen LogP contribution in [0.2, 0.25) is 0 Å². The van der Waals surface area contributed by atoms with Crippen molar-refractivity contribution in [1.29, 1.82) is 0 Å². The van der Waals surface area contributed by atoms with Gasteiger partial charge >= 0.3 is 0 Å². The topological polar surface area (TPSA) is 32.3 Å². The number of anilines is 1. The molecule has 1 aromatic carbocycles. The number of carbonyl (C=O) groups is 1. The van der Waals surface area contributed by atoms with Gasteiger partial charge in [-0.1, -0.05) is 6.07 Å². The van der Waals surface area contributed by atoms with Crippen molar-refractivity contribution in [1.82, 2.24) is 5.32 Å². The molecule has 1 atom stereocenters. The van der Waals surface area contributed by atoms with Crippen molar-refractivity contribution in [2.45, 2.75) is 31.7 Å². The van der Waals surface area contributed by atoms with Crippen LogP contribution in [0, 0.1) is 11.7 Å². The van der Waals surface area contributed by atoms with Gasteiger partial charge in [0, 0.05) is 30.7 Å². The third kappa shape index (κ3) is 3.06. The van der Waals surface area contributed by atoms with Gasteiger partial charge in [-0.15, -0.1) is 0 Å². The average molecular weight is 262 g/mol. The minimum atomic E-state index is -0.207. The lowest BCUT2D eigenvalue weighted by atomic mass is 10.0. The number of hydrogen-bond donors (Lipinski definition) is 1. The largest absolute Gasteiger partial charge is 0.369 e. The molecule has 4 heteroatoms. The summed E-state index contributed by atoms with van der Waals surface area (Å²) in [6.45, 7) is 1.71. The Morgan fingerprint density at radius 2 is 2.16 bits per heavy atom. The fourth-order valence-corrected chi connectivity index (χ4v) is 2.67. The van der Waals surface area contributed by atoms with Gasteiger partial charge in [0.2, 0.25) is 5.91 Å². The number of hydrogen-bond acceptors (Lipinski definition) is 2. The van der Waals surface area contributed by atoms with Crippen molar-refractivity contribution in [3.05, 3.63) is 30.1 Å². The van der Waals surface area contributed by atoms with Crippen LogP contribution < -0.4 is 10.2 Å².